The molecule has 0 fully saturated rings. The molecular formula is C24H22N2O3S. The fourth-order valence-electron chi connectivity index (χ4n) is 3.26. The van der Waals surface area contributed by atoms with Crippen molar-refractivity contribution in [3.05, 3.63) is 83.9 Å². The highest BCUT2D eigenvalue weighted by Crippen LogP contribution is 2.37. The van der Waals surface area contributed by atoms with Crippen molar-refractivity contribution in [3.63, 3.8) is 0 Å². The predicted octanol–water partition coefficient (Wildman–Crippen LogP) is 4.99. The number of rotatable bonds is 6. The first kappa shape index (κ1) is 20.0. The van der Waals surface area contributed by atoms with Crippen LogP contribution in [-0.4, -0.2) is 23.7 Å². The number of carbonyl (C=O) groups excluding carboxylic acids is 2. The number of ether oxygens (including phenoxy) is 1. The molecule has 5 nitrogen and oxygen atoms in total. The molecule has 0 spiro atoms. The molecular weight excluding hydrogens is 396 g/mol. The fourth-order valence-corrected chi connectivity index (χ4v) is 4.46. The molecule has 0 saturated heterocycles. The Kier molecular flexibility index (Phi) is 6.05. The molecule has 152 valence electrons. The van der Waals surface area contributed by atoms with Crippen LogP contribution in [0.15, 0.2) is 77.7 Å². The number of hydrogen-bond donors (Lipinski definition) is 2. The molecule has 1 atom stereocenters. The van der Waals surface area contributed by atoms with Gasteiger partial charge in [0, 0.05) is 21.8 Å². The Balaban J connectivity index is 1.33. The highest BCUT2D eigenvalue weighted by Gasteiger charge is 2.27. The minimum absolute atomic E-state index is 0.0252. The summed E-state index contributed by atoms with van der Waals surface area (Å²) in [5.41, 5.74) is 3.10. The number of hydrogen-bond acceptors (Lipinski definition) is 4. The molecule has 6 heteroatoms. The molecule has 1 aliphatic rings. The first-order valence-electron chi connectivity index (χ1n) is 9.82. The van der Waals surface area contributed by atoms with E-state index in [0.717, 1.165) is 12.2 Å². The molecule has 0 radical (unpaired) electrons. The third-order valence-electron chi connectivity index (χ3n) is 4.78. The topological polar surface area (TPSA) is 67.4 Å². The van der Waals surface area contributed by atoms with E-state index in [0.29, 0.717) is 23.5 Å². The Morgan fingerprint density at radius 3 is 2.30 bits per heavy atom. The van der Waals surface area contributed by atoms with Crippen LogP contribution >= 0.6 is 11.8 Å². The van der Waals surface area contributed by atoms with Gasteiger partial charge >= 0.3 is 0 Å². The summed E-state index contributed by atoms with van der Waals surface area (Å²) in [4.78, 5) is 26.2. The molecule has 1 aliphatic heterocycles. The molecule has 2 amide bonds. The monoisotopic (exact) mass is 418 g/mol. The molecule has 0 aromatic heterocycles. The van der Waals surface area contributed by atoms with E-state index in [1.807, 2.05) is 37.3 Å². The van der Waals surface area contributed by atoms with E-state index in [2.05, 4.69) is 16.7 Å². The van der Waals surface area contributed by atoms with Crippen LogP contribution in [-0.2, 0) is 11.2 Å². The number of anilines is 2. The van der Waals surface area contributed by atoms with Crippen molar-refractivity contribution in [1.82, 2.24) is 0 Å². The average Bonchev–Trinajstić information content (AvgIpc) is 3.20. The van der Waals surface area contributed by atoms with E-state index in [-0.39, 0.29) is 17.1 Å². The van der Waals surface area contributed by atoms with Crippen LogP contribution < -0.4 is 15.4 Å². The summed E-state index contributed by atoms with van der Waals surface area (Å²) in [5, 5.41) is 5.67. The van der Waals surface area contributed by atoms with E-state index < -0.39 is 0 Å². The summed E-state index contributed by atoms with van der Waals surface area (Å²) >= 11 is 1.59. The quantitative estimate of drug-likeness (QED) is 0.592. The second-order valence-corrected chi connectivity index (χ2v) is 8.14. The standard InChI is InChI=1S/C24H22N2O3S/c1-2-29-20-13-11-19(12-14-20)25-23(27)16-7-9-18(10-8-16)26-24(28)22-15-17-5-3-4-6-21(17)30-22/h3-14,22H,2,15H2,1H3,(H,25,27)(H,26,28). The second kappa shape index (κ2) is 9.05. The van der Waals surface area contributed by atoms with Gasteiger partial charge in [0.05, 0.1) is 11.9 Å². The van der Waals surface area contributed by atoms with Gasteiger partial charge in [-0.2, -0.15) is 0 Å². The average molecular weight is 419 g/mol. The van der Waals surface area contributed by atoms with Crippen LogP contribution in [0.2, 0.25) is 0 Å². The molecule has 0 saturated carbocycles. The Labute approximate surface area is 179 Å². The van der Waals surface area contributed by atoms with Gasteiger partial charge in [-0.05, 0) is 73.5 Å². The predicted molar refractivity (Wildman–Crippen MR) is 120 cm³/mol. The van der Waals surface area contributed by atoms with Gasteiger partial charge in [-0.15, -0.1) is 11.8 Å². The first-order valence-corrected chi connectivity index (χ1v) is 10.7. The number of nitrogens with one attached hydrogen (secondary N) is 2. The van der Waals surface area contributed by atoms with E-state index in [1.165, 1.54) is 10.5 Å². The lowest BCUT2D eigenvalue weighted by Gasteiger charge is -2.11. The minimum Gasteiger partial charge on any atom is -0.494 e. The molecule has 3 aromatic rings. The largest absolute Gasteiger partial charge is 0.494 e. The van der Waals surface area contributed by atoms with Gasteiger partial charge < -0.3 is 15.4 Å². The van der Waals surface area contributed by atoms with Gasteiger partial charge in [0.15, 0.2) is 0 Å². The maximum absolute atomic E-state index is 12.6. The van der Waals surface area contributed by atoms with Crippen LogP contribution in [0.25, 0.3) is 0 Å². The van der Waals surface area contributed by atoms with Crippen molar-refractivity contribution < 1.29 is 14.3 Å². The Morgan fingerprint density at radius 2 is 1.60 bits per heavy atom. The van der Waals surface area contributed by atoms with Crippen molar-refractivity contribution in [1.29, 1.82) is 0 Å². The SMILES string of the molecule is CCOc1ccc(NC(=O)c2ccc(NC(=O)C3Cc4ccccc4S3)cc2)cc1. The van der Waals surface area contributed by atoms with Crippen molar-refractivity contribution in [2.75, 3.05) is 17.2 Å². The van der Waals surface area contributed by atoms with E-state index in [1.54, 1.807) is 48.2 Å². The number of carbonyl (C=O) groups is 2. The molecule has 30 heavy (non-hydrogen) atoms. The summed E-state index contributed by atoms with van der Waals surface area (Å²) in [7, 11) is 0. The van der Waals surface area contributed by atoms with Gasteiger partial charge in [0.1, 0.15) is 5.75 Å². The van der Waals surface area contributed by atoms with Crippen LogP contribution in [0.4, 0.5) is 11.4 Å². The van der Waals surface area contributed by atoms with Gasteiger partial charge in [-0.25, -0.2) is 0 Å². The van der Waals surface area contributed by atoms with Gasteiger partial charge in [-0.3, -0.25) is 9.59 Å². The lowest BCUT2D eigenvalue weighted by atomic mass is 10.1. The van der Waals surface area contributed by atoms with E-state index in [4.69, 9.17) is 4.74 Å². The maximum atomic E-state index is 12.6. The number of thioether (sulfide) groups is 1. The highest BCUT2D eigenvalue weighted by atomic mass is 32.2. The molecule has 2 N–H and O–H groups in total. The zero-order valence-corrected chi connectivity index (χ0v) is 17.4. The van der Waals surface area contributed by atoms with Gasteiger partial charge in [-0.1, -0.05) is 18.2 Å². The van der Waals surface area contributed by atoms with Crippen LogP contribution in [0.3, 0.4) is 0 Å². The van der Waals surface area contributed by atoms with Crippen LogP contribution in [0.1, 0.15) is 22.8 Å². The third kappa shape index (κ3) is 4.66. The molecule has 0 aliphatic carbocycles. The van der Waals surface area contributed by atoms with Crippen LogP contribution in [0.5, 0.6) is 5.75 Å². The Bertz CT molecular complexity index is 1020. The first-order chi connectivity index (χ1) is 14.6. The summed E-state index contributed by atoms with van der Waals surface area (Å²) in [6.07, 6.45) is 0.731. The number of amides is 2. The highest BCUT2D eigenvalue weighted by molar-refractivity contribution is 8.01. The lowest BCUT2D eigenvalue weighted by molar-refractivity contribution is -0.115. The summed E-state index contributed by atoms with van der Waals surface area (Å²) < 4.78 is 5.40. The molecule has 0 bridgehead atoms. The molecule has 4 rings (SSSR count). The fraction of sp³-hybridized carbons (Fsp3) is 0.167. The Hall–Kier alpha value is -3.25. The smallest absolute Gasteiger partial charge is 0.255 e. The minimum atomic E-state index is -0.209. The Morgan fingerprint density at radius 1 is 0.933 bits per heavy atom. The molecule has 3 aromatic carbocycles. The maximum Gasteiger partial charge on any atom is 0.255 e. The zero-order valence-electron chi connectivity index (χ0n) is 16.6. The third-order valence-corrected chi connectivity index (χ3v) is 6.09. The summed E-state index contributed by atoms with van der Waals surface area (Å²) in [6.45, 7) is 2.52. The summed E-state index contributed by atoms with van der Waals surface area (Å²) in [5.74, 6) is 0.528. The molecule has 1 unspecified atom stereocenters. The van der Waals surface area contributed by atoms with E-state index >= 15 is 0 Å². The number of benzene rings is 3. The van der Waals surface area contributed by atoms with Gasteiger partial charge in [0.2, 0.25) is 5.91 Å². The lowest BCUT2D eigenvalue weighted by Crippen LogP contribution is -2.24. The number of fused-ring (bicyclic) bond motifs is 1. The van der Waals surface area contributed by atoms with Crippen molar-refractivity contribution in [2.45, 2.75) is 23.5 Å². The van der Waals surface area contributed by atoms with Crippen molar-refractivity contribution in [2.24, 2.45) is 0 Å². The zero-order chi connectivity index (χ0) is 20.9. The van der Waals surface area contributed by atoms with E-state index in [9.17, 15) is 9.59 Å². The summed E-state index contributed by atoms with van der Waals surface area (Å²) in [6, 6.07) is 22.2. The van der Waals surface area contributed by atoms with Gasteiger partial charge in [0.25, 0.3) is 5.91 Å². The second-order valence-electron chi connectivity index (χ2n) is 6.90. The van der Waals surface area contributed by atoms with Crippen LogP contribution in [0, 0.1) is 0 Å². The molecule has 1 heterocycles. The van der Waals surface area contributed by atoms with Crippen molar-refractivity contribution in [3.8, 4) is 5.75 Å². The van der Waals surface area contributed by atoms with Crippen molar-refractivity contribution >= 4 is 35.0 Å². The normalized spacial score (nSPS) is 14.6.